The van der Waals surface area contributed by atoms with Gasteiger partial charge in [-0.15, -0.1) is 0 Å². The number of ether oxygens (including phenoxy) is 1. The average Bonchev–Trinajstić information content (AvgIpc) is 2.71. The van der Waals surface area contributed by atoms with E-state index < -0.39 is 13.0 Å². The molecule has 16 heavy (non-hydrogen) atoms. The van der Waals surface area contributed by atoms with Crippen molar-refractivity contribution in [2.75, 3.05) is 13.2 Å². The number of nitrogens with zero attached hydrogens (tertiary/aromatic N) is 2. The van der Waals surface area contributed by atoms with Gasteiger partial charge in [-0.1, -0.05) is 0 Å². The highest BCUT2D eigenvalue weighted by Crippen LogP contribution is 2.13. The van der Waals surface area contributed by atoms with Crippen LogP contribution in [0.15, 0.2) is 12.3 Å². The highest BCUT2D eigenvalue weighted by Gasteiger charge is 2.11. The van der Waals surface area contributed by atoms with Crippen molar-refractivity contribution in [3.05, 3.63) is 18.0 Å². The van der Waals surface area contributed by atoms with Gasteiger partial charge in [0.2, 0.25) is 0 Å². The van der Waals surface area contributed by atoms with Crippen molar-refractivity contribution in [3.8, 4) is 0 Å². The van der Waals surface area contributed by atoms with Gasteiger partial charge < -0.3 is 10.5 Å². The first-order chi connectivity index (χ1) is 7.65. The zero-order chi connectivity index (χ0) is 12.0. The lowest BCUT2D eigenvalue weighted by molar-refractivity contribution is 0.0150. The Bertz CT molecular complexity index is 304. The van der Waals surface area contributed by atoms with Crippen LogP contribution in [-0.4, -0.2) is 29.4 Å². The molecule has 0 spiro atoms. The van der Waals surface area contributed by atoms with Crippen molar-refractivity contribution in [3.63, 3.8) is 0 Å². The second kappa shape index (κ2) is 6.55. The van der Waals surface area contributed by atoms with E-state index in [0.717, 1.165) is 12.2 Å². The highest BCUT2D eigenvalue weighted by molar-refractivity contribution is 5.05. The lowest BCUT2D eigenvalue weighted by Gasteiger charge is -2.13. The Morgan fingerprint density at radius 3 is 2.94 bits per heavy atom. The molecule has 1 rings (SSSR count). The minimum atomic E-state index is -2.42. The van der Waals surface area contributed by atoms with Crippen LogP contribution in [0.2, 0.25) is 0 Å². The largest absolute Gasteiger partial charge is 0.375 e. The van der Waals surface area contributed by atoms with Crippen molar-refractivity contribution < 1.29 is 13.5 Å². The Morgan fingerprint density at radius 2 is 2.31 bits per heavy atom. The molecule has 0 saturated heterocycles. The van der Waals surface area contributed by atoms with Gasteiger partial charge in [0.1, 0.15) is 6.61 Å². The first kappa shape index (κ1) is 13.1. The van der Waals surface area contributed by atoms with Gasteiger partial charge in [0.05, 0.1) is 5.69 Å². The Hall–Kier alpha value is -1.01. The number of halogens is 2. The number of nitrogens with two attached hydrogens (primary N) is 1. The predicted octanol–water partition coefficient (Wildman–Crippen LogP) is 1.57. The van der Waals surface area contributed by atoms with Gasteiger partial charge in [0, 0.05) is 25.4 Å². The van der Waals surface area contributed by atoms with E-state index in [2.05, 4.69) is 5.10 Å². The van der Waals surface area contributed by atoms with E-state index in [-0.39, 0.29) is 12.6 Å². The third kappa shape index (κ3) is 3.86. The zero-order valence-electron chi connectivity index (χ0n) is 9.27. The first-order valence-electron chi connectivity index (χ1n) is 5.28. The fourth-order valence-electron chi connectivity index (χ4n) is 1.45. The lowest BCUT2D eigenvalue weighted by Crippen LogP contribution is -2.18. The van der Waals surface area contributed by atoms with E-state index in [1.807, 2.05) is 13.0 Å². The molecule has 1 aromatic heterocycles. The SMILES string of the molecule is CCn1nccc1C(N)CCOCC(F)F. The average molecular weight is 233 g/mol. The Balaban J connectivity index is 2.32. The summed E-state index contributed by atoms with van der Waals surface area (Å²) >= 11 is 0. The van der Waals surface area contributed by atoms with Crippen molar-refractivity contribution in [1.29, 1.82) is 0 Å². The molecule has 1 unspecified atom stereocenters. The van der Waals surface area contributed by atoms with Crippen LogP contribution in [0.25, 0.3) is 0 Å². The van der Waals surface area contributed by atoms with Crippen LogP contribution in [-0.2, 0) is 11.3 Å². The Kier molecular flexibility index (Phi) is 5.34. The lowest BCUT2D eigenvalue weighted by atomic mass is 10.1. The van der Waals surface area contributed by atoms with Crippen LogP contribution >= 0.6 is 0 Å². The molecule has 2 N–H and O–H groups in total. The van der Waals surface area contributed by atoms with E-state index in [4.69, 9.17) is 10.5 Å². The number of hydrogen-bond acceptors (Lipinski definition) is 3. The van der Waals surface area contributed by atoms with Crippen LogP contribution in [0.1, 0.15) is 25.1 Å². The maximum absolute atomic E-state index is 11.8. The second-order valence-corrected chi connectivity index (χ2v) is 3.43. The van der Waals surface area contributed by atoms with E-state index in [1.54, 1.807) is 10.9 Å². The molecule has 1 heterocycles. The van der Waals surface area contributed by atoms with Gasteiger partial charge in [0.15, 0.2) is 0 Å². The smallest absolute Gasteiger partial charge is 0.261 e. The molecule has 0 aliphatic carbocycles. The molecule has 0 aromatic carbocycles. The van der Waals surface area contributed by atoms with Crippen LogP contribution in [0.3, 0.4) is 0 Å². The molecule has 92 valence electrons. The van der Waals surface area contributed by atoms with Crippen LogP contribution in [0.4, 0.5) is 8.78 Å². The van der Waals surface area contributed by atoms with Gasteiger partial charge in [-0.2, -0.15) is 5.10 Å². The van der Waals surface area contributed by atoms with E-state index in [0.29, 0.717) is 6.42 Å². The number of aromatic nitrogens is 2. The van der Waals surface area contributed by atoms with E-state index in [1.165, 1.54) is 0 Å². The van der Waals surface area contributed by atoms with Crippen molar-refractivity contribution >= 4 is 0 Å². The van der Waals surface area contributed by atoms with Crippen LogP contribution < -0.4 is 5.73 Å². The third-order valence-corrected chi connectivity index (χ3v) is 2.25. The Labute approximate surface area is 93.4 Å². The summed E-state index contributed by atoms with van der Waals surface area (Å²) in [6, 6.07) is 1.61. The van der Waals surface area contributed by atoms with Crippen LogP contribution in [0.5, 0.6) is 0 Å². The summed E-state index contributed by atoms with van der Waals surface area (Å²) in [4.78, 5) is 0. The summed E-state index contributed by atoms with van der Waals surface area (Å²) in [6.07, 6.45) is -0.227. The van der Waals surface area contributed by atoms with Crippen molar-refractivity contribution in [1.82, 2.24) is 9.78 Å². The molecule has 0 amide bonds. The third-order valence-electron chi connectivity index (χ3n) is 2.25. The normalized spacial score (nSPS) is 13.3. The van der Waals surface area contributed by atoms with E-state index in [9.17, 15) is 8.78 Å². The summed E-state index contributed by atoms with van der Waals surface area (Å²) in [5, 5.41) is 4.09. The standard InChI is InChI=1S/C10H17F2N3O/c1-2-15-9(3-5-14-15)8(13)4-6-16-7-10(11)12/h3,5,8,10H,2,4,6-7,13H2,1H3. The molecule has 0 saturated carbocycles. The molecule has 0 aliphatic heterocycles. The van der Waals surface area contributed by atoms with E-state index >= 15 is 0 Å². The zero-order valence-corrected chi connectivity index (χ0v) is 9.27. The van der Waals surface area contributed by atoms with Gasteiger partial charge in [0.25, 0.3) is 6.43 Å². The summed E-state index contributed by atoms with van der Waals surface area (Å²) in [5.74, 6) is 0. The monoisotopic (exact) mass is 233 g/mol. The van der Waals surface area contributed by atoms with Crippen molar-refractivity contribution in [2.45, 2.75) is 32.4 Å². The fourth-order valence-corrected chi connectivity index (χ4v) is 1.45. The minimum absolute atomic E-state index is 0.222. The molecule has 0 radical (unpaired) electrons. The van der Waals surface area contributed by atoms with Gasteiger partial charge >= 0.3 is 0 Å². The molecule has 1 atom stereocenters. The number of rotatable bonds is 7. The van der Waals surface area contributed by atoms with Crippen LogP contribution in [0, 0.1) is 0 Å². The van der Waals surface area contributed by atoms with Gasteiger partial charge in [-0.25, -0.2) is 8.78 Å². The maximum atomic E-state index is 11.8. The predicted molar refractivity (Wildman–Crippen MR) is 56.3 cm³/mol. The molecule has 0 aliphatic rings. The topological polar surface area (TPSA) is 53.1 Å². The maximum Gasteiger partial charge on any atom is 0.261 e. The van der Waals surface area contributed by atoms with Gasteiger partial charge in [-0.05, 0) is 19.4 Å². The second-order valence-electron chi connectivity index (χ2n) is 3.43. The number of alkyl halides is 2. The minimum Gasteiger partial charge on any atom is -0.375 e. The molecule has 1 aromatic rings. The summed E-state index contributed by atoms with van der Waals surface area (Å²) in [6.45, 7) is 2.42. The quantitative estimate of drug-likeness (QED) is 0.727. The molecule has 0 bridgehead atoms. The molecular weight excluding hydrogens is 216 g/mol. The number of aryl methyl sites for hydroxylation is 1. The summed E-state index contributed by atoms with van der Waals surface area (Å²) in [5.41, 5.74) is 6.81. The van der Waals surface area contributed by atoms with Gasteiger partial charge in [-0.3, -0.25) is 4.68 Å². The molecule has 4 nitrogen and oxygen atoms in total. The Morgan fingerprint density at radius 1 is 1.56 bits per heavy atom. The first-order valence-corrected chi connectivity index (χ1v) is 5.28. The summed E-state index contributed by atoms with van der Waals surface area (Å²) in [7, 11) is 0. The van der Waals surface area contributed by atoms with Crippen molar-refractivity contribution in [2.24, 2.45) is 5.73 Å². The number of hydrogen-bond donors (Lipinski definition) is 1. The molecule has 0 fully saturated rings. The fraction of sp³-hybridized carbons (Fsp3) is 0.700. The molecular formula is C10H17F2N3O. The highest BCUT2D eigenvalue weighted by atomic mass is 19.3. The summed E-state index contributed by atoms with van der Waals surface area (Å²) < 4.78 is 30.1. The molecule has 6 heteroatoms.